The van der Waals surface area contributed by atoms with Crippen molar-refractivity contribution < 1.29 is 9.13 Å². The van der Waals surface area contributed by atoms with E-state index < -0.39 is 11.9 Å². The minimum absolute atomic E-state index is 0.0216. The van der Waals surface area contributed by atoms with Crippen LogP contribution in [0.4, 0.5) is 10.2 Å². The standard InChI is InChI=1S/C21H19Cl2FN4O2/c1-11-12(2)26-20(27-21(11)29)13-3-4-19(25-9-13)28-5-6-30-18(10-28)14-7-17(24)16(23)8-15(14)22/h3-4,7-9,18H,5-6,10H2,1-2H3,(H,26,27,29). The molecule has 2 aromatic heterocycles. The first kappa shape index (κ1) is 20.8. The molecule has 0 spiro atoms. The van der Waals surface area contributed by atoms with E-state index in [1.807, 2.05) is 17.0 Å². The molecule has 6 nitrogen and oxygen atoms in total. The van der Waals surface area contributed by atoms with Gasteiger partial charge in [-0.2, -0.15) is 0 Å². The fourth-order valence-corrected chi connectivity index (χ4v) is 3.83. The molecule has 156 valence electrons. The highest BCUT2D eigenvalue weighted by atomic mass is 35.5. The van der Waals surface area contributed by atoms with Gasteiger partial charge in [-0.25, -0.2) is 14.4 Å². The number of aromatic nitrogens is 3. The summed E-state index contributed by atoms with van der Waals surface area (Å²) in [6.07, 6.45) is 1.26. The normalized spacial score (nSPS) is 16.7. The zero-order valence-electron chi connectivity index (χ0n) is 16.4. The summed E-state index contributed by atoms with van der Waals surface area (Å²) in [4.78, 5) is 25.8. The number of halogens is 3. The van der Waals surface area contributed by atoms with Crippen molar-refractivity contribution in [2.24, 2.45) is 0 Å². The lowest BCUT2D eigenvalue weighted by molar-refractivity contribution is 0.0394. The predicted molar refractivity (Wildman–Crippen MR) is 115 cm³/mol. The van der Waals surface area contributed by atoms with Gasteiger partial charge in [0.15, 0.2) is 0 Å². The van der Waals surface area contributed by atoms with Crippen LogP contribution in [0.2, 0.25) is 10.0 Å². The number of rotatable bonds is 3. The van der Waals surface area contributed by atoms with Crippen LogP contribution in [0, 0.1) is 19.7 Å². The van der Waals surface area contributed by atoms with Crippen molar-refractivity contribution >= 4 is 29.0 Å². The number of aryl methyl sites for hydroxylation is 1. The van der Waals surface area contributed by atoms with Crippen LogP contribution >= 0.6 is 23.2 Å². The van der Waals surface area contributed by atoms with Crippen LogP contribution in [-0.4, -0.2) is 34.6 Å². The molecule has 9 heteroatoms. The Morgan fingerprint density at radius 3 is 2.73 bits per heavy atom. The van der Waals surface area contributed by atoms with Crippen molar-refractivity contribution in [3.8, 4) is 11.4 Å². The Balaban J connectivity index is 1.56. The number of anilines is 1. The molecule has 30 heavy (non-hydrogen) atoms. The lowest BCUT2D eigenvalue weighted by Gasteiger charge is -2.34. The lowest BCUT2D eigenvalue weighted by Crippen LogP contribution is -2.39. The lowest BCUT2D eigenvalue weighted by atomic mass is 10.1. The molecule has 1 fully saturated rings. The summed E-state index contributed by atoms with van der Waals surface area (Å²) in [6, 6.07) is 6.42. The molecule has 3 heterocycles. The van der Waals surface area contributed by atoms with Gasteiger partial charge in [0.1, 0.15) is 23.6 Å². The maximum atomic E-state index is 13.9. The van der Waals surface area contributed by atoms with Gasteiger partial charge < -0.3 is 14.6 Å². The third-order valence-electron chi connectivity index (χ3n) is 5.19. The molecule has 0 radical (unpaired) electrons. The van der Waals surface area contributed by atoms with Gasteiger partial charge in [0.2, 0.25) is 0 Å². The molecule has 0 saturated carbocycles. The van der Waals surface area contributed by atoms with Crippen molar-refractivity contribution in [3.05, 3.63) is 73.5 Å². The van der Waals surface area contributed by atoms with E-state index in [9.17, 15) is 9.18 Å². The van der Waals surface area contributed by atoms with E-state index in [0.717, 1.165) is 5.82 Å². The maximum Gasteiger partial charge on any atom is 0.254 e. The largest absolute Gasteiger partial charge is 0.370 e. The van der Waals surface area contributed by atoms with Gasteiger partial charge in [0.25, 0.3) is 5.56 Å². The molecule has 0 amide bonds. The fourth-order valence-electron chi connectivity index (χ4n) is 3.33. The van der Waals surface area contributed by atoms with Crippen molar-refractivity contribution in [2.45, 2.75) is 20.0 Å². The second kappa shape index (κ2) is 8.34. The molecule has 3 aromatic rings. The van der Waals surface area contributed by atoms with Crippen LogP contribution in [0.3, 0.4) is 0 Å². The zero-order chi connectivity index (χ0) is 21.4. The van der Waals surface area contributed by atoms with E-state index in [2.05, 4.69) is 15.0 Å². The molecule has 0 bridgehead atoms. The van der Waals surface area contributed by atoms with Crippen molar-refractivity contribution in [3.63, 3.8) is 0 Å². The van der Waals surface area contributed by atoms with Gasteiger partial charge in [-0.3, -0.25) is 4.79 Å². The number of H-pyrrole nitrogens is 1. The number of aromatic amines is 1. The van der Waals surface area contributed by atoms with E-state index in [1.54, 1.807) is 20.0 Å². The van der Waals surface area contributed by atoms with Gasteiger partial charge in [0.05, 0.1) is 11.6 Å². The minimum atomic E-state index is -0.533. The average molecular weight is 449 g/mol. The van der Waals surface area contributed by atoms with Crippen LogP contribution in [0.15, 0.2) is 35.3 Å². The Bertz CT molecular complexity index is 1150. The summed E-state index contributed by atoms with van der Waals surface area (Å²) >= 11 is 12.0. The maximum absolute atomic E-state index is 13.9. The number of nitrogens with zero attached hydrogens (tertiary/aromatic N) is 3. The van der Waals surface area contributed by atoms with Crippen LogP contribution < -0.4 is 10.5 Å². The third kappa shape index (κ3) is 4.05. The second-order valence-corrected chi connectivity index (χ2v) is 7.94. The van der Waals surface area contributed by atoms with E-state index in [4.69, 9.17) is 27.9 Å². The molecule has 1 N–H and O–H groups in total. The number of pyridine rings is 1. The fraction of sp³-hybridized carbons (Fsp3) is 0.286. The van der Waals surface area contributed by atoms with Crippen LogP contribution in [0.5, 0.6) is 0 Å². The van der Waals surface area contributed by atoms with E-state index in [1.165, 1.54) is 12.1 Å². The summed E-state index contributed by atoms with van der Waals surface area (Å²) < 4.78 is 19.7. The zero-order valence-corrected chi connectivity index (χ0v) is 17.9. The van der Waals surface area contributed by atoms with E-state index >= 15 is 0 Å². The van der Waals surface area contributed by atoms with Crippen LogP contribution in [0.25, 0.3) is 11.4 Å². The highest BCUT2D eigenvalue weighted by Crippen LogP contribution is 2.33. The molecular weight excluding hydrogens is 430 g/mol. The Morgan fingerprint density at radius 1 is 1.23 bits per heavy atom. The number of benzene rings is 1. The molecule has 4 rings (SSSR count). The Kier molecular flexibility index (Phi) is 5.77. The number of ether oxygens (including phenoxy) is 1. The Hall–Kier alpha value is -2.48. The van der Waals surface area contributed by atoms with Crippen LogP contribution in [-0.2, 0) is 4.74 Å². The molecule has 1 aliphatic rings. The summed E-state index contributed by atoms with van der Waals surface area (Å²) in [6.45, 7) is 5.08. The number of hydrogen-bond donors (Lipinski definition) is 1. The van der Waals surface area contributed by atoms with Gasteiger partial charge in [-0.1, -0.05) is 23.2 Å². The van der Waals surface area contributed by atoms with Crippen molar-refractivity contribution in [1.29, 1.82) is 0 Å². The first-order chi connectivity index (χ1) is 14.3. The smallest absolute Gasteiger partial charge is 0.254 e. The average Bonchev–Trinajstić information content (AvgIpc) is 2.74. The van der Waals surface area contributed by atoms with Crippen LogP contribution in [0.1, 0.15) is 22.9 Å². The van der Waals surface area contributed by atoms with Gasteiger partial charge in [0, 0.05) is 46.7 Å². The monoisotopic (exact) mass is 448 g/mol. The van der Waals surface area contributed by atoms with E-state index in [-0.39, 0.29) is 10.6 Å². The first-order valence-corrected chi connectivity index (χ1v) is 10.1. The minimum Gasteiger partial charge on any atom is -0.370 e. The molecule has 1 saturated heterocycles. The molecule has 1 unspecified atom stereocenters. The highest BCUT2D eigenvalue weighted by Gasteiger charge is 2.26. The first-order valence-electron chi connectivity index (χ1n) is 9.38. The molecule has 0 aliphatic carbocycles. The van der Waals surface area contributed by atoms with Crippen molar-refractivity contribution in [1.82, 2.24) is 15.0 Å². The van der Waals surface area contributed by atoms with E-state index in [0.29, 0.717) is 52.9 Å². The highest BCUT2D eigenvalue weighted by molar-refractivity contribution is 6.35. The van der Waals surface area contributed by atoms with Gasteiger partial charge in [-0.15, -0.1) is 0 Å². The summed E-state index contributed by atoms with van der Waals surface area (Å²) in [5.41, 5.74) is 2.38. The number of morpholine rings is 1. The topological polar surface area (TPSA) is 71.1 Å². The SMILES string of the molecule is Cc1nc(-c2ccc(N3CCOC(c4cc(F)c(Cl)cc4Cl)C3)nc2)[nH]c(=O)c1C. The van der Waals surface area contributed by atoms with Crippen molar-refractivity contribution in [2.75, 3.05) is 24.6 Å². The van der Waals surface area contributed by atoms with Gasteiger partial charge in [-0.05, 0) is 38.1 Å². The third-order valence-corrected chi connectivity index (χ3v) is 5.81. The number of nitrogens with one attached hydrogen (secondary N) is 1. The molecule has 1 atom stereocenters. The Labute approximate surface area is 182 Å². The predicted octanol–water partition coefficient (Wildman–Crippen LogP) is 4.47. The van der Waals surface area contributed by atoms with Gasteiger partial charge >= 0.3 is 0 Å². The summed E-state index contributed by atoms with van der Waals surface area (Å²) in [5, 5.41) is 0.341. The summed E-state index contributed by atoms with van der Waals surface area (Å²) in [5.74, 6) is 0.684. The summed E-state index contributed by atoms with van der Waals surface area (Å²) in [7, 11) is 0. The molecular formula is C21H19Cl2FN4O2. The quantitative estimate of drug-likeness (QED) is 0.598. The molecule has 1 aliphatic heterocycles. The Morgan fingerprint density at radius 2 is 2.03 bits per heavy atom. The second-order valence-electron chi connectivity index (χ2n) is 7.12. The number of hydrogen-bond acceptors (Lipinski definition) is 5. The molecule has 1 aromatic carbocycles.